The molecule has 4 aromatic rings. The van der Waals surface area contributed by atoms with Crippen molar-refractivity contribution in [2.75, 3.05) is 19.8 Å². The van der Waals surface area contributed by atoms with Crippen LogP contribution in [0.1, 0.15) is 17.7 Å². The lowest BCUT2D eigenvalue weighted by molar-refractivity contribution is 0.0478. The van der Waals surface area contributed by atoms with Crippen LogP contribution in [-0.2, 0) is 4.74 Å². The maximum absolute atomic E-state index is 13.9. The number of aromatic nitrogens is 3. The fourth-order valence-corrected chi connectivity index (χ4v) is 5.51. The predicted octanol–water partition coefficient (Wildman–Crippen LogP) is 6.12. The number of ether oxygens (including phenoxy) is 2. The minimum absolute atomic E-state index is 0.218. The molecule has 6 nitrogen and oxygen atoms in total. The van der Waals surface area contributed by atoms with Crippen molar-refractivity contribution in [2.24, 2.45) is 5.92 Å². The molecule has 1 aliphatic rings. The Hall–Kier alpha value is -3.26. The van der Waals surface area contributed by atoms with Crippen LogP contribution < -0.4 is 10.3 Å². The van der Waals surface area contributed by atoms with E-state index in [0.29, 0.717) is 39.0 Å². The van der Waals surface area contributed by atoms with E-state index in [2.05, 4.69) is 18.1 Å². The van der Waals surface area contributed by atoms with Crippen molar-refractivity contribution in [3.8, 4) is 11.7 Å². The Morgan fingerprint density at radius 3 is 2.86 bits per heavy atom. The first kappa shape index (κ1) is 23.5. The molecule has 1 aliphatic heterocycles. The van der Waals surface area contributed by atoms with Crippen molar-refractivity contribution >= 4 is 49.5 Å². The summed E-state index contributed by atoms with van der Waals surface area (Å²) < 4.78 is 13.7. The SMILES string of the molecule is C=C/C=C(\C(=C)Cl)c1cc2nc(OCC3CCOCC3)n(-c3cncc4ccccc34)c(=O)c2s1. The molecular formula is C27H24ClN3O3S. The standard InChI is InChI=1S/C27H24ClN3O3S/c1-3-6-20(17(2)28)24-13-22-25(35-24)26(32)31(23-15-29-14-19-7-4-5-8-21(19)23)27(30-22)34-16-18-9-11-33-12-10-18/h3-8,13-15,18H,1-2,9-12,16H2/b20-6+. The molecule has 0 atom stereocenters. The van der Waals surface area contributed by atoms with E-state index >= 15 is 0 Å². The van der Waals surface area contributed by atoms with Gasteiger partial charge in [-0.15, -0.1) is 11.3 Å². The van der Waals surface area contributed by atoms with Gasteiger partial charge in [0.15, 0.2) is 0 Å². The summed E-state index contributed by atoms with van der Waals surface area (Å²) in [5.41, 5.74) is 1.66. The lowest BCUT2D eigenvalue weighted by Gasteiger charge is -2.22. The summed E-state index contributed by atoms with van der Waals surface area (Å²) in [4.78, 5) is 23.9. The summed E-state index contributed by atoms with van der Waals surface area (Å²) in [7, 11) is 0. The molecule has 0 amide bonds. The van der Waals surface area contributed by atoms with Gasteiger partial charge < -0.3 is 9.47 Å². The quantitative estimate of drug-likeness (QED) is 0.283. The van der Waals surface area contributed by atoms with Gasteiger partial charge in [0.2, 0.25) is 0 Å². The van der Waals surface area contributed by atoms with Crippen LogP contribution in [0.25, 0.3) is 32.2 Å². The van der Waals surface area contributed by atoms with Crippen molar-refractivity contribution in [1.29, 1.82) is 0 Å². The van der Waals surface area contributed by atoms with Crippen LogP contribution in [-0.4, -0.2) is 34.4 Å². The lowest BCUT2D eigenvalue weighted by Crippen LogP contribution is -2.26. The second-order valence-corrected chi connectivity index (χ2v) is 9.84. The van der Waals surface area contributed by atoms with E-state index < -0.39 is 0 Å². The highest BCUT2D eigenvalue weighted by molar-refractivity contribution is 7.20. The first-order chi connectivity index (χ1) is 17.1. The third-order valence-corrected chi connectivity index (χ3v) is 7.39. The van der Waals surface area contributed by atoms with Crippen LogP contribution >= 0.6 is 22.9 Å². The van der Waals surface area contributed by atoms with E-state index in [1.807, 2.05) is 30.3 Å². The molecule has 1 aromatic carbocycles. The van der Waals surface area contributed by atoms with E-state index in [-0.39, 0.29) is 11.6 Å². The molecule has 5 rings (SSSR count). The smallest absolute Gasteiger partial charge is 0.304 e. The summed E-state index contributed by atoms with van der Waals surface area (Å²) in [6, 6.07) is 9.90. The van der Waals surface area contributed by atoms with Gasteiger partial charge in [0.1, 0.15) is 4.70 Å². The van der Waals surface area contributed by atoms with Crippen molar-refractivity contribution in [2.45, 2.75) is 12.8 Å². The molecule has 4 heterocycles. The van der Waals surface area contributed by atoms with Crippen molar-refractivity contribution in [1.82, 2.24) is 14.5 Å². The maximum atomic E-state index is 13.9. The Labute approximate surface area is 211 Å². The van der Waals surface area contributed by atoms with E-state index in [1.165, 1.54) is 15.9 Å². The predicted molar refractivity (Wildman–Crippen MR) is 143 cm³/mol. The van der Waals surface area contributed by atoms with Gasteiger partial charge in [-0.05, 0) is 24.8 Å². The molecule has 0 saturated carbocycles. The Kier molecular flexibility index (Phi) is 6.81. The van der Waals surface area contributed by atoms with E-state index in [0.717, 1.165) is 41.7 Å². The zero-order valence-corrected chi connectivity index (χ0v) is 20.6. The van der Waals surface area contributed by atoms with Gasteiger partial charge in [0.05, 0.1) is 24.0 Å². The minimum Gasteiger partial charge on any atom is -0.464 e. The molecule has 8 heteroatoms. The van der Waals surface area contributed by atoms with Crippen LogP contribution in [0.15, 0.2) is 77.9 Å². The average Bonchev–Trinajstić information content (AvgIpc) is 3.30. The van der Waals surface area contributed by atoms with Gasteiger partial charge in [-0.1, -0.05) is 61.2 Å². The molecule has 0 radical (unpaired) electrons. The number of halogens is 1. The first-order valence-corrected chi connectivity index (χ1v) is 12.5. The molecule has 35 heavy (non-hydrogen) atoms. The number of hydrogen-bond donors (Lipinski definition) is 0. The van der Waals surface area contributed by atoms with Crippen molar-refractivity contribution in [3.63, 3.8) is 0 Å². The normalized spacial score (nSPS) is 14.9. The number of hydrogen-bond acceptors (Lipinski definition) is 6. The monoisotopic (exact) mass is 505 g/mol. The van der Waals surface area contributed by atoms with Gasteiger partial charge in [-0.25, -0.2) is 4.57 Å². The second-order valence-electron chi connectivity index (χ2n) is 8.33. The van der Waals surface area contributed by atoms with Crippen LogP contribution in [0.2, 0.25) is 0 Å². The topological polar surface area (TPSA) is 66.2 Å². The summed E-state index contributed by atoms with van der Waals surface area (Å²) in [6.07, 6.45) is 8.70. The number of fused-ring (bicyclic) bond motifs is 2. The number of pyridine rings is 1. The van der Waals surface area contributed by atoms with Crippen LogP contribution in [0.4, 0.5) is 0 Å². The van der Waals surface area contributed by atoms with Gasteiger partial charge in [0, 0.05) is 45.7 Å². The zero-order valence-electron chi connectivity index (χ0n) is 19.1. The summed E-state index contributed by atoms with van der Waals surface area (Å²) in [5.74, 6) is 0.343. The van der Waals surface area contributed by atoms with E-state index in [9.17, 15) is 4.79 Å². The molecule has 0 spiro atoms. The second kappa shape index (κ2) is 10.2. The Morgan fingerprint density at radius 2 is 2.09 bits per heavy atom. The lowest BCUT2D eigenvalue weighted by atomic mass is 10.0. The Balaban J connectivity index is 1.70. The average molecular weight is 506 g/mol. The van der Waals surface area contributed by atoms with Crippen LogP contribution in [0.3, 0.4) is 0 Å². The van der Waals surface area contributed by atoms with Gasteiger partial charge in [0.25, 0.3) is 5.56 Å². The molecule has 0 aliphatic carbocycles. The number of thiophene rings is 1. The van der Waals surface area contributed by atoms with Gasteiger partial charge in [-0.2, -0.15) is 4.98 Å². The largest absolute Gasteiger partial charge is 0.464 e. The van der Waals surface area contributed by atoms with Crippen molar-refractivity contribution < 1.29 is 9.47 Å². The molecule has 3 aromatic heterocycles. The van der Waals surface area contributed by atoms with Crippen LogP contribution in [0, 0.1) is 5.92 Å². The number of benzene rings is 1. The highest BCUT2D eigenvalue weighted by atomic mass is 35.5. The zero-order chi connectivity index (χ0) is 24.4. The molecular weight excluding hydrogens is 482 g/mol. The third-order valence-electron chi connectivity index (χ3n) is 6.04. The number of rotatable bonds is 7. The molecule has 178 valence electrons. The van der Waals surface area contributed by atoms with Gasteiger partial charge >= 0.3 is 6.01 Å². The van der Waals surface area contributed by atoms with Gasteiger partial charge in [-0.3, -0.25) is 9.78 Å². The summed E-state index contributed by atoms with van der Waals surface area (Å²) >= 11 is 7.55. The molecule has 0 N–H and O–H groups in total. The van der Waals surface area contributed by atoms with E-state index in [4.69, 9.17) is 26.1 Å². The van der Waals surface area contributed by atoms with Crippen molar-refractivity contribution in [3.05, 3.63) is 88.3 Å². The maximum Gasteiger partial charge on any atom is 0.304 e. The fourth-order valence-electron chi connectivity index (χ4n) is 4.21. The Bertz CT molecular complexity index is 1510. The number of nitrogens with zero attached hydrogens (tertiary/aromatic N) is 3. The fraction of sp³-hybridized carbons (Fsp3) is 0.222. The molecule has 0 unspecified atom stereocenters. The first-order valence-electron chi connectivity index (χ1n) is 11.3. The highest BCUT2D eigenvalue weighted by Gasteiger charge is 2.22. The van der Waals surface area contributed by atoms with Crippen LogP contribution in [0.5, 0.6) is 6.01 Å². The summed E-state index contributed by atoms with van der Waals surface area (Å²) in [6.45, 7) is 9.50. The minimum atomic E-state index is -0.218. The Morgan fingerprint density at radius 1 is 1.29 bits per heavy atom. The number of allylic oxidation sites excluding steroid dienone is 4. The molecule has 1 fully saturated rings. The van der Waals surface area contributed by atoms with E-state index in [1.54, 1.807) is 24.5 Å². The third kappa shape index (κ3) is 4.67. The summed E-state index contributed by atoms with van der Waals surface area (Å²) in [5, 5.41) is 2.18. The highest BCUT2D eigenvalue weighted by Crippen LogP contribution is 2.34. The molecule has 1 saturated heterocycles. The molecule has 0 bridgehead atoms.